The number of fused-ring (bicyclic) bond motifs is 1. The Morgan fingerprint density at radius 3 is 1.10 bits per heavy atom. The summed E-state index contributed by atoms with van der Waals surface area (Å²) in [6, 6.07) is 22.6. The molecule has 2 unspecified atom stereocenters. The number of benzene rings is 4. The predicted octanol–water partition coefficient (Wildman–Crippen LogP) is 10.0. The third-order valence-electron chi connectivity index (χ3n) is 9.17. The van der Waals surface area contributed by atoms with E-state index in [0.717, 1.165) is 49.3 Å². The number of carbonyl (C=O) groups is 4. The van der Waals surface area contributed by atoms with Crippen LogP contribution >= 0.6 is 0 Å². The first-order valence-electron chi connectivity index (χ1n) is 17.6. The lowest BCUT2D eigenvalue weighted by Gasteiger charge is -2.18. The fourth-order valence-corrected chi connectivity index (χ4v) is 5.93. The van der Waals surface area contributed by atoms with Gasteiger partial charge in [0, 0.05) is 0 Å². The van der Waals surface area contributed by atoms with Crippen molar-refractivity contribution in [3.63, 3.8) is 0 Å². The van der Waals surface area contributed by atoms with Gasteiger partial charge in [0.1, 0.15) is 11.5 Å². The minimum atomic E-state index is -0.558. The first-order valence-corrected chi connectivity index (χ1v) is 17.6. The van der Waals surface area contributed by atoms with E-state index in [1.54, 1.807) is 84.9 Å². The van der Waals surface area contributed by atoms with Crippen LogP contribution in [0.2, 0.25) is 0 Å². The van der Waals surface area contributed by atoms with Gasteiger partial charge in [-0.2, -0.15) is 0 Å². The molecule has 8 heteroatoms. The van der Waals surface area contributed by atoms with Gasteiger partial charge in [0.2, 0.25) is 0 Å². The Balaban J connectivity index is 1.32. The fraction of sp³-hybridized carbons (Fsp3) is 0.381. The highest BCUT2D eigenvalue weighted by molar-refractivity contribution is 6.00. The molecule has 0 bridgehead atoms. The van der Waals surface area contributed by atoms with Crippen LogP contribution in [0.4, 0.5) is 0 Å². The molecule has 0 aliphatic carbocycles. The van der Waals surface area contributed by atoms with Crippen molar-refractivity contribution in [1.82, 2.24) is 0 Å². The standard InChI is InChI=1S/C42H48O8/c1-7-29(8-2)23-27(5)47-39(43)31-15-19-37(20-16-31)49-41(45)35-13-11-34-26-36(14-12-33(34)25-35)42(46)50-38-21-17-32(18-22-38)40(44)48-28(6)24-30(9-3)10-4/h11-22,25-30H,7-10,23-24H2,1-6H3. The minimum absolute atomic E-state index is 0.186. The highest BCUT2D eigenvalue weighted by Crippen LogP contribution is 2.24. The van der Waals surface area contributed by atoms with E-state index in [2.05, 4.69) is 27.7 Å². The Kier molecular flexibility index (Phi) is 13.7. The number of esters is 4. The molecule has 0 saturated carbocycles. The van der Waals surface area contributed by atoms with Gasteiger partial charge in [-0.15, -0.1) is 0 Å². The highest BCUT2D eigenvalue weighted by Gasteiger charge is 2.18. The second kappa shape index (κ2) is 18.1. The maximum atomic E-state index is 12.9. The van der Waals surface area contributed by atoms with E-state index in [0.29, 0.717) is 45.6 Å². The van der Waals surface area contributed by atoms with E-state index in [9.17, 15) is 19.2 Å². The van der Waals surface area contributed by atoms with Gasteiger partial charge < -0.3 is 18.9 Å². The van der Waals surface area contributed by atoms with Crippen LogP contribution < -0.4 is 9.47 Å². The Bertz CT molecular complexity index is 1620. The lowest BCUT2D eigenvalue weighted by atomic mass is 9.97. The molecule has 264 valence electrons. The quantitative estimate of drug-likeness (QED) is 0.0851. The van der Waals surface area contributed by atoms with Crippen LogP contribution in [0.5, 0.6) is 11.5 Å². The van der Waals surface area contributed by atoms with Crippen molar-refractivity contribution in [3.05, 3.63) is 107 Å². The lowest BCUT2D eigenvalue weighted by molar-refractivity contribution is 0.0275. The normalized spacial score (nSPS) is 12.4. The number of ether oxygens (including phenoxy) is 4. The lowest BCUT2D eigenvalue weighted by Crippen LogP contribution is -2.18. The molecule has 0 N–H and O–H groups in total. The molecule has 4 rings (SSSR count). The van der Waals surface area contributed by atoms with Gasteiger partial charge in [-0.1, -0.05) is 65.5 Å². The average molecular weight is 681 g/mol. The van der Waals surface area contributed by atoms with Crippen LogP contribution in [0.3, 0.4) is 0 Å². The third kappa shape index (κ3) is 10.5. The van der Waals surface area contributed by atoms with Gasteiger partial charge in [0.25, 0.3) is 0 Å². The summed E-state index contributed by atoms with van der Waals surface area (Å²) in [5, 5.41) is 1.47. The molecule has 4 aromatic rings. The zero-order valence-corrected chi connectivity index (χ0v) is 29.9. The van der Waals surface area contributed by atoms with Crippen LogP contribution in [0.25, 0.3) is 10.8 Å². The van der Waals surface area contributed by atoms with Gasteiger partial charge in [0.15, 0.2) is 0 Å². The zero-order chi connectivity index (χ0) is 36.2. The SMILES string of the molecule is CCC(CC)CC(C)OC(=O)c1ccc(OC(=O)c2ccc3cc(C(=O)Oc4ccc(C(=O)OC(C)CC(CC)CC)cc4)ccc3c2)cc1. The van der Waals surface area contributed by atoms with Crippen molar-refractivity contribution < 1.29 is 38.1 Å². The maximum absolute atomic E-state index is 12.9. The monoisotopic (exact) mass is 680 g/mol. The summed E-state index contributed by atoms with van der Waals surface area (Å²) in [6.07, 6.45) is 5.44. The van der Waals surface area contributed by atoms with Crippen molar-refractivity contribution in [3.8, 4) is 11.5 Å². The van der Waals surface area contributed by atoms with E-state index in [1.807, 2.05) is 13.8 Å². The Labute approximate surface area is 295 Å². The number of hydrogen-bond acceptors (Lipinski definition) is 8. The minimum Gasteiger partial charge on any atom is -0.459 e. The van der Waals surface area contributed by atoms with Crippen LogP contribution in [-0.4, -0.2) is 36.1 Å². The maximum Gasteiger partial charge on any atom is 0.343 e. The Hall–Kier alpha value is -4.98. The van der Waals surface area contributed by atoms with Crippen LogP contribution in [0, 0.1) is 11.8 Å². The molecular formula is C42H48O8. The van der Waals surface area contributed by atoms with Crippen molar-refractivity contribution in [2.24, 2.45) is 11.8 Å². The first kappa shape index (κ1) is 37.8. The molecule has 0 aromatic heterocycles. The number of hydrogen-bond donors (Lipinski definition) is 0. The van der Waals surface area contributed by atoms with Gasteiger partial charge in [-0.25, -0.2) is 19.2 Å². The predicted molar refractivity (Wildman–Crippen MR) is 194 cm³/mol. The number of carbonyl (C=O) groups excluding carboxylic acids is 4. The first-order chi connectivity index (χ1) is 24.0. The van der Waals surface area contributed by atoms with Gasteiger partial charge in [0.05, 0.1) is 34.5 Å². The third-order valence-corrected chi connectivity index (χ3v) is 9.17. The molecule has 4 aromatic carbocycles. The molecular weight excluding hydrogens is 632 g/mol. The van der Waals surface area contributed by atoms with Gasteiger partial charge in [-0.05, 0) is 122 Å². The molecule has 8 nitrogen and oxygen atoms in total. The summed E-state index contributed by atoms with van der Waals surface area (Å²) < 4.78 is 22.3. The summed E-state index contributed by atoms with van der Waals surface area (Å²) in [4.78, 5) is 51.0. The van der Waals surface area contributed by atoms with Crippen molar-refractivity contribution in [2.45, 2.75) is 92.3 Å². The number of rotatable bonds is 16. The van der Waals surface area contributed by atoms with Crippen LogP contribution in [-0.2, 0) is 9.47 Å². The summed E-state index contributed by atoms with van der Waals surface area (Å²) in [6.45, 7) is 12.4. The van der Waals surface area contributed by atoms with Crippen LogP contribution in [0.15, 0.2) is 84.9 Å². The van der Waals surface area contributed by atoms with Crippen molar-refractivity contribution in [2.75, 3.05) is 0 Å². The average Bonchev–Trinajstić information content (AvgIpc) is 3.12. The van der Waals surface area contributed by atoms with Gasteiger partial charge >= 0.3 is 23.9 Å². The second-order valence-corrected chi connectivity index (χ2v) is 12.9. The molecule has 2 atom stereocenters. The fourth-order valence-electron chi connectivity index (χ4n) is 5.93. The van der Waals surface area contributed by atoms with E-state index in [4.69, 9.17) is 18.9 Å². The molecule has 0 fully saturated rings. The van der Waals surface area contributed by atoms with Crippen molar-refractivity contribution >= 4 is 34.6 Å². The molecule has 0 aliphatic rings. The van der Waals surface area contributed by atoms with Gasteiger partial charge in [-0.3, -0.25) is 0 Å². The molecule has 0 amide bonds. The molecule has 50 heavy (non-hydrogen) atoms. The largest absolute Gasteiger partial charge is 0.459 e. The van der Waals surface area contributed by atoms with E-state index in [-0.39, 0.29) is 12.2 Å². The van der Waals surface area contributed by atoms with E-state index >= 15 is 0 Å². The van der Waals surface area contributed by atoms with Crippen LogP contribution in [0.1, 0.15) is 121 Å². The highest BCUT2D eigenvalue weighted by atomic mass is 16.6. The summed E-state index contributed by atoms with van der Waals surface area (Å²) in [7, 11) is 0. The smallest absolute Gasteiger partial charge is 0.343 e. The molecule has 0 radical (unpaired) electrons. The summed E-state index contributed by atoms with van der Waals surface area (Å²) in [5.74, 6) is -0.311. The molecule has 0 saturated heterocycles. The van der Waals surface area contributed by atoms with E-state index in [1.165, 1.54) is 0 Å². The summed E-state index contributed by atoms with van der Waals surface area (Å²) in [5.41, 5.74) is 1.43. The zero-order valence-electron chi connectivity index (χ0n) is 29.9. The molecule has 0 spiro atoms. The Morgan fingerprint density at radius 1 is 0.460 bits per heavy atom. The van der Waals surface area contributed by atoms with Crippen molar-refractivity contribution in [1.29, 1.82) is 0 Å². The summed E-state index contributed by atoms with van der Waals surface area (Å²) >= 11 is 0. The molecule has 0 aliphatic heterocycles. The van der Waals surface area contributed by atoms with E-state index < -0.39 is 23.9 Å². The topological polar surface area (TPSA) is 105 Å². The molecule has 0 heterocycles. The second-order valence-electron chi connectivity index (χ2n) is 12.9. The Morgan fingerprint density at radius 2 is 0.780 bits per heavy atom.